The van der Waals surface area contributed by atoms with E-state index in [0.717, 1.165) is 43.3 Å². The summed E-state index contributed by atoms with van der Waals surface area (Å²) in [4.78, 5) is 23.8. The van der Waals surface area contributed by atoms with E-state index in [1.54, 1.807) is 18.0 Å². The zero-order chi connectivity index (χ0) is 16.8. The summed E-state index contributed by atoms with van der Waals surface area (Å²) < 4.78 is 0. The van der Waals surface area contributed by atoms with E-state index in [4.69, 9.17) is 11.6 Å². The molecule has 2 aromatic rings. The maximum absolute atomic E-state index is 12.3. The molecule has 3 rings (SSSR count). The summed E-state index contributed by atoms with van der Waals surface area (Å²) in [5, 5.41) is 3.96. The van der Waals surface area contributed by atoms with Crippen molar-refractivity contribution in [2.24, 2.45) is 0 Å². The third-order valence-electron chi connectivity index (χ3n) is 3.74. The maximum Gasteiger partial charge on any atom is 0.274 e. The second-order valence-electron chi connectivity index (χ2n) is 5.52. The summed E-state index contributed by atoms with van der Waals surface area (Å²) in [6.45, 7) is 2.37. The van der Waals surface area contributed by atoms with Gasteiger partial charge in [-0.05, 0) is 37.1 Å². The molecule has 0 unspecified atom stereocenters. The van der Waals surface area contributed by atoms with Crippen LogP contribution in [0.3, 0.4) is 0 Å². The smallest absolute Gasteiger partial charge is 0.274 e. The standard InChI is InChI=1S/C17H19ClN4OS/c18-13-3-5-14(6-4-13)24-10-7-20-16-12-19-11-15(21-16)17(23)22-8-1-2-9-22/h3-6,11-12H,1-2,7-10H2,(H,20,21). The van der Waals surface area contributed by atoms with E-state index in [1.807, 2.05) is 29.2 Å². The van der Waals surface area contributed by atoms with Gasteiger partial charge in [-0.3, -0.25) is 9.78 Å². The van der Waals surface area contributed by atoms with Gasteiger partial charge in [0, 0.05) is 35.3 Å². The number of carbonyl (C=O) groups is 1. The highest BCUT2D eigenvalue weighted by molar-refractivity contribution is 7.99. The Morgan fingerprint density at radius 3 is 2.71 bits per heavy atom. The number of carbonyl (C=O) groups excluding carboxylic acids is 1. The largest absolute Gasteiger partial charge is 0.368 e. The zero-order valence-corrected chi connectivity index (χ0v) is 14.8. The molecule has 0 aliphatic carbocycles. The van der Waals surface area contributed by atoms with Gasteiger partial charge in [-0.25, -0.2) is 4.98 Å². The molecule has 1 aliphatic heterocycles. The van der Waals surface area contributed by atoms with E-state index in [-0.39, 0.29) is 5.91 Å². The van der Waals surface area contributed by atoms with Gasteiger partial charge in [0.15, 0.2) is 0 Å². The molecule has 0 atom stereocenters. The van der Waals surface area contributed by atoms with Crippen molar-refractivity contribution in [3.63, 3.8) is 0 Å². The predicted octanol–water partition coefficient (Wildman–Crippen LogP) is 3.57. The molecule has 0 radical (unpaired) electrons. The van der Waals surface area contributed by atoms with Crippen molar-refractivity contribution >= 4 is 35.1 Å². The number of rotatable bonds is 6. The number of amides is 1. The maximum atomic E-state index is 12.3. The van der Waals surface area contributed by atoms with Crippen molar-refractivity contribution in [2.75, 3.05) is 30.7 Å². The Labute approximate surface area is 150 Å². The van der Waals surface area contributed by atoms with Gasteiger partial charge in [0.25, 0.3) is 5.91 Å². The minimum absolute atomic E-state index is 0.0285. The molecule has 1 aromatic carbocycles. The zero-order valence-electron chi connectivity index (χ0n) is 13.2. The summed E-state index contributed by atoms with van der Waals surface area (Å²) in [7, 11) is 0. The number of halogens is 1. The van der Waals surface area contributed by atoms with Crippen molar-refractivity contribution in [1.82, 2.24) is 14.9 Å². The van der Waals surface area contributed by atoms with Crippen LogP contribution in [0.5, 0.6) is 0 Å². The Hall–Kier alpha value is -1.79. The highest BCUT2D eigenvalue weighted by atomic mass is 35.5. The third-order valence-corrected chi connectivity index (χ3v) is 5.00. The fraction of sp³-hybridized carbons (Fsp3) is 0.353. The molecule has 1 aromatic heterocycles. The van der Waals surface area contributed by atoms with Crippen LogP contribution in [-0.4, -0.2) is 46.2 Å². The predicted molar refractivity (Wildman–Crippen MR) is 97.8 cm³/mol. The summed E-state index contributed by atoms with van der Waals surface area (Å²) in [6, 6.07) is 7.77. The highest BCUT2D eigenvalue weighted by Crippen LogP contribution is 2.20. The minimum Gasteiger partial charge on any atom is -0.368 e. The van der Waals surface area contributed by atoms with Gasteiger partial charge in [0.1, 0.15) is 11.5 Å². The molecule has 7 heteroatoms. The molecule has 5 nitrogen and oxygen atoms in total. The molecule has 1 saturated heterocycles. The van der Waals surface area contributed by atoms with Crippen molar-refractivity contribution in [3.05, 3.63) is 47.4 Å². The van der Waals surface area contributed by atoms with E-state index in [0.29, 0.717) is 11.5 Å². The van der Waals surface area contributed by atoms with Crippen molar-refractivity contribution in [3.8, 4) is 0 Å². The van der Waals surface area contributed by atoms with Gasteiger partial charge in [-0.15, -0.1) is 11.8 Å². The number of aromatic nitrogens is 2. The molecule has 1 N–H and O–H groups in total. The van der Waals surface area contributed by atoms with Gasteiger partial charge in [0.05, 0.1) is 12.4 Å². The molecule has 2 heterocycles. The first-order valence-corrected chi connectivity index (χ1v) is 9.32. The lowest BCUT2D eigenvalue weighted by Crippen LogP contribution is -2.28. The quantitative estimate of drug-likeness (QED) is 0.628. The van der Waals surface area contributed by atoms with E-state index < -0.39 is 0 Å². The van der Waals surface area contributed by atoms with Gasteiger partial charge in [-0.1, -0.05) is 11.6 Å². The lowest BCUT2D eigenvalue weighted by Gasteiger charge is -2.14. The Morgan fingerprint density at radius 1 is 1.21 bits per heavy atom. The molecule has 126 valence electrons. The number of likely N-dealkylation sites (tertiary alicyclic amines) is 1. The fourth-order valence-electron chi connectivity index (χ4n) is 2.52. The Kier molecular flexibility index (Phi) is 5.93. The van der Waals surface area contributed by atoms with Crippen LogP contribution in [0, 0.1) is 0 Å². The summed E-state index contributed by atoms with van der Waals surface area (Å²) in [5.74, 6) is 1.49. The minimum atomic E-state index is -0.0285. The summed E-state index contributed by atoms with van der Waals surface area (Å²) in [5.41, 5.74) is 0.409. The SMILES string of the molecule is O=C(c1cncc(NCCSc2ccc(Cl)cc2)n1)N1CCCC1. The average Bonchev–Trinajstić information content (AvgIpc) is 3.14. The van der Waals surface area contributed by atoms with E-state index in [1.165, 1.54) is 11.1 Å². The third kappa shape index (κ3) is 4.61. The molecule has 0 saturated carbocycles. The number of nitrogens with one attached hydrogen (secondary N) is 1. The van der Waals surface area contributed by atoms with Crippen LogP contribution in [0.15, 0.2) is 41.6 Å². The van der Waals surface area contributed by atoms with Crippen LogP contribution in [0.1, 0.15) is 23.3 Å². The highest BCUT2D eigenvalue weighted by Gasteiger charge is 2.20. The van der Waals surface area contributed by atoms with Gasteiger partial charge in [0.2, 0.25) is 0 Å². The molecule has 0 bridgehead atoms. The number of thioether (sulfide) groups is 1. The number of benzene rings is 1. The van der Waals surface area contributed by atoms with Crippen LogP contribution in [0.25, 0.3) is 0 Å². The lowest BCUT2D eigenvalue weighted by atomic mass is 10.4. The Bertz CT molecular complexity index is 689. The first kappa shape index (κ1) is 17.0. The van der Waals surface area contributed by atoms with Gasteiger partial charge in [-0.2, -0.15) is 0 Å². The number of hydrogen-bond acceptors (Lipinski definition) is 5. The molecule has 1 amide bonds. The van der Waals surface area contributed by atoms with E-state index in [2.05, 4.69) is 15.3 Å². The van der Waals surface area contributed by atoms with Gasteiger partial charge >= 0.3 is 0 Å². The molecule has 1 aliphatic rings. The number of nitrogens with zero attached hydrogens (tertiary/aromatic N) is 3. The van der Waals surface area contributed by atoms with Crippen LogP contribution in [0.2, 0.25) is 5.02 Å². The van der Waals surface area contributed by atoms with Crippen LogP contribution in [0.4, 0.5) is 5.82 Å². The van der Waals surface area contributed by atoms with Crippen LogP contribution < -0.4 is 5.32 Å². The first-order valence-electron chi connectivity index (χ1n) is 7.96. The average molecular weight is 363 g/mol. The Balaban J connectivity index is 1.49. The molecule has 0 spiro atoms. The second kappa shape index (κ2) is 8.35. The molecular weight excluding hydrogens is 344 g/mol. The number of anilines is 1. The van der Waals surface area contributed by atoms with E-state index >= 15 is 0 Å². The van der Waals surface area contributed by atoms with E-state index in [9.17, 15) is 4.79 Å². The second-order valence-corrected chi connectivity index (χ2v) is 7.12. The van der Waals surface area contributed by atoms with Crippen LogP contribution >= 0.6 is 23.4 Å². The van der Waals surface area contributed by atoms with Crippen LogP contribution in [-0.2, 0) is 0 Å². The monoisotopic (exact) mass is 362 g/mol. The number of hydrogen-bond donors (Lipinski definition) is 1. The Morgan fingerprint density at radius 2 is 1.96 bits per heavy atom. The lowest BCUT2D eigenvalue weighted by molar-refractivity contribution is 0.0786. The molecule has 24 heavy (non-hydrogen) atoms. The first-order chi connectivity index (χ1) is 11.7. The van der Waals surface area contributed by atoms with Crippen molar-refractivity contribution in [2.45, 2.75) is 17.7 Å². The molecular formula is C17H19ClN4OS. The summed E-state index contributed by atoms with van der Waals surface area (Å²) in [6.07, 6.45) is 5.32. The van der Waals surface area contributed by atoms with Gasteiger partial charge < -0.3 is 10.2 Å². The fourth-order valence-corrected chi connectivity index (χ4v) is 3.41. The van der Waals surface area contributed by atoms with Crippen molar-refractivity contribution in [1.29, 1.82) is 0 Å². The van der Waals surface area contributed by atoms with Crippen molar-refractivity contribution < 1.29 is 4.79 Å². The normalized spacial score (nSPS) is 14.0. The molecule has 1 fully saturated rings. The topological polar surface area (TPSA) is 58.1 Å². The summed E-state index contributed by atoms with van der Waals surface area (Å²) >= 11 is 7.61.